The molecule has 0 aromatic carbocycles. The van der Waals surface area contributed by atoms with Crippen molar-refractivity contribution in [2.24, 2.45) is 39.4 Å². The molecule has 0 aromatic heterocycles. The van der Waals surface area contributed by atoms with Crippen molar-refractivity contribution >= 4 is 11.8 Å². The third-order valence-electron chi connectivity index (χ3n) is 12.2. The number of rotatable bonds is 6. The zero-order valence-electron chi connectivity index (χ0n) is 25.2. The SMILES string of the molecule is CC(=O)O[C@H]([C@@H](O)C[C@@H](C)C1=C2CC(O)C3[C@@]4(C)CCC(=O)C(C)(C)C4CC[C@]3(C)[C@@]2(C)CC1)C(C)(C)O. The van der Waals surface area contributed by atoms with Gasteiger partial charge in [0.25, 0.3) is 0 Å². The summed E-state index contributed by atoms with van der Waals surface area (Å²) in [5, 5.41) is 33.5. The van der Waals surface area contributed by atoms with Gasteiger partial charge < -0.3 is 20.1 Å². The van der Waals surface area contributed by atoms with Gasteiger partial charge in [0.1, 0.15) is 5.78 Å². The van der Waals surface area contributed by atoms with E-state index < -0.39 is 29.9 Å². The summed E-state index contributed by atoms with van der Waals surface area (Å²) in [5.74, 6) is 0.305. The maximum atomic E-state index is 12.9. The summed E-state index contributed by atoms with van der Waals surface area (Å²) in [5.41, 5.74) is 0.754. The Kier molecular flexibility index (Phi) is 7.36. The van der Waals surface area contributed by atoms with Crippen LogP contribution in [-0.2, 0) is 14.3 Å². The topological polar surface area (TPSA) is 104 Å². The number of ketones is 1. The van der Waals surface area contributed by atoms with E-state index in [-0.39, 0.29) is 39.4 Å². The van der Waals surface area contributed by atoms with Crippen LogP contribution in [0.15, 0.2) is 11.1 Å². The number of esters is 1. The highest BCUT2D eigenvalue weighted by Gasteiger charge is 2.69. The largest absolute Gasteiger partial charge is 0.457 e. The first kappa shape index (κ1) is 29.7. The first-order chi connectivity index (χ1) is 17.3. The lowest BCUT2D eigenvalue weighted by Crippen LogP contribution is -2.65. The van der Waals surface area contributed by atoms with E-state index in [0.717, 1.165) is 32.1 Å². The second-order valence-corrected chi connectivity index (χ2v) is 15.1. The van der Waals surface area contributed by atoms with Gasteiger partial charge in [-0.25, -0.2) is 0 Å². The van der Waals surface area contributed by atoms with Gasteiger partial charge in [0.15, 0.2) is 6.10 Å². The number of aliphatic hydroxyl groups excluding tert-OH is 2. The first-order valence-corrected chi connectivity index (χ1v) is 14.8. The quantitative estimate of drug-likeness (QED) is 0.314. The monoisotopic (exact) mass is 532 g/mol. The Labute approximate surface area is 229 Å². The molecule has 4 aliphatic carbocycles. The maximum absolute atomic E-state index is 12.9. The number of fused-ring (bicyclic) bond motifs is 5. The lowest BCUT2D eigenvalue weighted by atomic mass is 9.36. The van der Waals surface area contributed by atoms with Crippen LogP contribution < -0.4 is 0 Å². The second-order valence-electron chi connectivity index (χ2n) is 15.1. The minimum absolute atomic E-state index is 0.0349. The highest BCUT2D eigenvalue weighted by Crippen LogP contribution is 2.74. The van der Waals surface area contributed by atoms with Crippen LogP contribution >= 0.6 is 0 Å². The fourth-order valence-electron chi connectivity index (χ4n) is 10.2. The van der Waals surface area contributed by atoms with Crippen molar-refractivity contribution in [3.05, 3.63) is 11.1 Å². The molecule has 0 spiro atoms. The Morgan fingerprint density at radius 3 is 2.32 bits per heavy atom. The van der Waals surface area contributed by atoms with E-state index in [9.17, 15) is 24.9 Å². The van der Waals surface area contributed by atoms with Gasteiger partial charge in [-0.15, -0.1) is 0 Å². The minimum atomic E-state index is -1.36. The van der Waals surface area contributed by atoms with Crippen molar-refractivity contribution in [2.75, 3.05) is 0 Å². The maximum Gasteiger partial charge on any atom is 0.303 e. The fraction of sp³-hybridized carbons (Fsp3) is 0.875. The van der Waals surface area contributed by atoms with Crippen LogP contribution in [0.25, 0.3) is 0 Å². The zero-order chi connectivity index (χ0) is 28.6. The predicted molar refractivity (Wildman–Crippen MR) is 147 cm³/mol. The molecule has 6 heteroatoms. The number of allylic oxidation sites excluding steroid dienone is 1. The summed E-state index contributed by atoms with van der Waals surface area (Å²) in [6, 6.07) is 0. The van der Waals surface area contributed by atoms with E-state index in [2.05, 4.69) is 41.5 Å². The highest BCUT2D eigenvalue weighted by atomic mass is 16.6. The molecule has 3 saturated carbocycles. The number of ether oxygens (including phenoxy) is 1. The van der Waals surface area contributed by atoms with E-state index in [1.807, 2.05) is 0 Å². The normalized spacial score (nSPS) is 41.1. The minimum Gasteiger partial charge on any atom is -0.457 e. The van der Waals surface area contributed by atoms with Crippen LogP contribution in [0.2, 0.25) is 0 Å². The van der Waals surface area contributed by atoms with Crippen molar-refractivity contribution in [3.63, 3.8) is 0 Å². The van der Waals surface area contributed by atoms with E-state index in [1.165, 1.54) is 18.1 Å². The van der Waals surface area contributed by atoms with Crippen molar-refractivity contribution in [3.8, 4) is 0 Å². The molecule has 6 nitrogen and oxygen atoms in total. The summed E-state index contributed by atoms with van der Waals surface area (Å²) in [6.45, 7) is 17.9. The van der Waals surface area contributed by atoms with E-state index in [0.29, 0.717) is 25.0 Å². The molecule has 9 atom stereocenters. The third kappa shape index (κ3) is 4.32. The number of aliphatic hydroxyl groups is 3. The second kappa shape index (κ2) is 9.41. The van der Waals surface area contributed by atoms with Crippen LogP contribution in [0, 0.1) is 39.4 Å². The van der Waals surface area contributed by atoms with Gasteiger partial charge in [-0.3, -0.25) is 9.59 Å². The number of carbonyl (C=O) groups excluding carboxylic acids is 2. The molecule has 216 valence electrons. The summed E-state index contributed by atoms with van der Waals surface area (Å²) in [7, 11) is 0. The first-order valence-electron chi connectivity index (χ1n) is 14.8. The van der Waals surface area contributed by atoms with Crippen molar-refractivity contribution in [1.29, 1.82) is 0 Å². The molecule has 0 heterocycles. The third-order valence-corrected chi connectivity index (χ3v) is 12.2. The Bertz CT molecular complexity index is 1010. The molecule has 0 radical (unpaired) electrons. The molecule has 0 aromatic rings. The summed E-state index contributed by atoms with van der Waals surface area (Å²) in [6.07, 6.45) is 3.98. The lowest BCUT2D eigenvalue weighted by Gasteiger charge is -2.69. The van der Waals surface area contributed by atoms with Gasteiger partial charge in [-0.05, 0) is 92.8 Å². The van der Waals surface area contributed by atoms with Crippen molar-refractivity contribution in [1.82, 2.24) is 0 Å². The highest BCUT2D eigenvalue weighted by molar-refractivity contribution is 5.85. The number of Topliss-reactive ketones (excluding diaryl/α,β-unsaturated/α-hetero) is 1. The molecule has 38 heavy (non-hydrogen) atoms. The van der Waals surface area contributed by atoms with Gasteiger partial charge >= 0.3 is 5.97 Å². The molecule has 0 saturated heterocycles. The summed E-state index contributed by atoms with van der Waals surface area (Å²) in [4.78, 5) is 24.6. The predicted octanol–water partition coefficient (Wildman–Crippen LogP) is 5.37. The fourth-order valence-corrected chi connectivity index (χ4v) is 10.2. The van der Waals surface area contributed by atoms with E-state index in [4.69, 9.17) is 4.74 Å². The average Bonchev–Trinajstić information content (AvgIpc) is 3.12. The molecule has 3 N–H and O–H groups in total. The van der Waals surface area contributed by atoms with Gasteiger partial charge in [0.05, 0.1) is 17.8 Å². The summed E-state index contributed by atoms with van der Waals surface area (Å²) < 4.78 is 5.34. The summed E-state index contributed by atoms with van der Waals surface area (Å²) >= 11 is 0. The smallest absolute Gasteiger partial charge is 0.303 e. The van der Waals surface area contributed by atoms with E-state index >= 15 is 0 Å². The number of hydrogen-bond donors (Lipinski definition) is 3. The molecule has 4 aliphatic rings. The van der Waals surface area contributed by atoms with E-state index in [1.54, 1.807) is 13.8 Å². The zero-order valence-corrected chi connectivity index (χ0v) is 25.2. The van der Waals surface area contributed by atoms with Gasteiger partial charge in [-0.2, -0.15) is 0 Å². The number of hydrogen-bond acceptors (Lipinski definition) is 6. The Balaban J connectivity index is 1.66. The Morgan fingerprint density at radius 2 is 1.74 bits per heavy atom. The standard InChI is InChI=1S/C32H52O6/c1-18(16-23(35)27(29(5,6)37)38-19(2)33)20-10-14-31(8)21(20)17-22(34)26-30(7)13-12-25(36)28(3,4)24(30)11-15-32(26,31)9/h18,22-24,26-27,34-35,37H,10-17H2,1-9H3/t18-,22?,23+,24?,26?,27-,30+,31+,32+/m1/s1. The molecular formula is C32H52O6. The van der Waals surface area contributed by atoms with Gasteiger partial charge in [0, 0.05) is 18.8 Å². The van der Waals surface area contributed by atoms with Crippen LogP contribution in [-0.4, -0.2) is 51.0 Å². The molecule has 0 bridgehead atoms. The van der Waals surface area contributed by atoms with Gasteiger partial charge in [0.2, 0.25) is 0 Å². The molecule has 0 amide bonds. The lowest BCUT2D eigenvalue weighted by molar-refractivity contribution is -0.208. The van der Waals surface area contributed by atoms with Crippen LogP contribution in [0.3, 0.4) is 0 Å². The molecule has 4 rings (SSSR count). The van der Waals surface area contributed by atoms with Gasteiger partial charge in [-0.1, -0.05) is 52.7 Å². The molecule has 3 fully saturated rings. The van der Waals surface area contributed by atoms with Crippen LogP contribution in [0.5, 0.6) is 0 Å². The molecule has 0 aliphatic heterocycles. The molecular weight excluding hydrogens is 480 g/mol. The average molecular weight is 533 g/mol. The van der Waals surface area contributed by atoms with Crippen LogP contribution in [0.1, 0.15) is 114 Å². The van der Waals surface area contributed by atoms with Crippen molar-refractivity contribution in [2.45, 2.75) is 138 Å². The van der Waals surface area contributed by atoms with Crippen molar-refractivity contribution < 1.29 is 29.6 Å². The molecule has 3 unspecified atom stereocenters. The Morgan fingerprint density at radius 1 is 1.11 bits per heavy atom. The number of carbonyl (C=O) groups is 2. The Hall–Kier alpha value is -1.24. The van der Waals surface area contributed by atoms with Crippen LogP contribution in [0.4, 0.5) is 0 Å².